The predicted molar refractivity (Wildman–Crippen MR) is 86.7 cm³/mol. The molecular formula is C14H19BrN2OS. The summed E-state index contributed by atoms with van der Waals surface area (Å²) in [4.78, 5) is 2.68. The zero-order chi connectivity index (χ0) is 14.0. The molecule has 19 heavy (non-hydrogen) atoms. The molecule has 0 aromatic heterocycles. The minimum atomic E-state index is -0.565. The molecule has 1 atom stereocenters. The lowest BCUT2D eigenvalue weighted by Gasteiger charge is -2.26. The van der Waals surface area contributed by atoms with Crippen LogP contribution in [-0.4, -0.2) is 28.8 Å². The molecule has 0 saturated carbocycles. The molecule has 0 radical (unpaired) electrons. The van der Waals surface area contributed by atoms with Crippen LogP contribution in [0.3, 0.4) is 0 Å². The van der Waals surface area contributed by atoms with Crippen molar-refractivity contribution in [2.24, 2.45) is 5.73 Å². The number of halogens is 1. The van der Waals surface area contributed by atoms with Gasteiger partial charge in [-0.3, -0.25) is 0 Å². The van der Waals surface area contributed by atoms with E-state index in [0.29, 0.717) is 4.99 Å². The summed E-state index contributed by atoms with van der Waals surface area (Å²) in [5.41, 5.74) is 7.20. The van der Waals surface area contributed by atoms with Gasteiger partial charge in [0.05, 0.1) is 5.60 Å². The van der Waals surface area contributed by atoms with E-state index in [2.05, 4.69) is 26.9 Å². The molecule has 1 saturated heterocycles. The first-order valence-electron chi connectivity index (χ1n) is 6.46. The topological polar surface area (TPSA) is 49.5 Å². The molecule has 0 amide bonds. The number of hydrogen-bond acceptors (Lipinski definition) is 3. The molecule has 3 nitrogen and oxygen atoms in total. The maximum Gasteiger partial charge on any atom is 0.106 e. The molecule has 0 spiro atoms. The smallest absolute Gasteiger partial charge is 0.106 e. The van der Waals surface area contributed by atoms with Gasteiger partial charge in [0.1, 0.15) is 4.99 Å². The molecule has 104 valence electrons. The first kappa shape index (κ1) is 14.8. The van der Waals surface area contributed by atoms with Gasteiger partial charge in [-0.1, -0.05) is 28.1 Å². The molecular weight excluding hydrogens is 324 g/mol. The van der Waals surface area contributed by atoms with Crippen molar-refractivity contribution in [1.82, 2.24) is 0 Å². The fraction of sp³-hybridized carbons (Fsp3) is 0.500. The monoisotopic (exact) mass is 342 g/mol. The standard InChI is InChI=1S/C14H19BrN2OS/c1-14(18)5-2-7-17(8-6-14)12-9-10(15)3-4-11(12)13(16)19/h3-4,9,18H,2,5-8H2,1H3,(H2,16,19). The Hall–Kier alpha value is -0.650. The average Bonchev–Trinajstić information content (AvgIpc) is 2.49. The van der Waals surface area contributed by atoms with Crippen LogP contribution in [0.25, 0.3) is 0 Å². The van der Waals surface area contributed by atoms with Crippen molar-refractivity contribution in [2.45, 2.75) is 31.8 Å². The Labute approximate surface area is 127 Å². The van der Waals surface area contributed by atoms with Crippen LogP contribution in [0.5, 0.6) is 0 Å². The molecule has 5 heteroatoms. The van der Waals surface area contributed by atoms with Crippen molar-refractivity contribution in [3.8, 4) is 0 Å². The molecule has 0 aliphatic carbocycles. The zero-order valence-corrected chi connectivity index (χ0v) is 13.4. The van der Waals surface area contributed by atoms with Gasteiger partial charge in [0.2, 0.25) is 0 Å². The van der Waals surface area contributed by atoms with E-state index in [4.69, 9.17) is 18.0 Å². The number of aliphatic hydroxyl groups is 1. The summed E-state index contributed by atoms with van der Waals surface area (Å²) in [5.74, 6) is 0. The van der Waals surface area contributed by atoms with E-state index in [1.807, 2.05) is 19.1 Å². The molecule has 1 heterocycles. The van der Waals surface area contributed by atoms with E-state index in [-0.39, 0.29) is 0 Å². The number of rotatable bonds is 2. The number of nitrogens with zero attached hydrogens (tertiary/aromatic N) is 1. The highest BCUT2D eigenvalue weighted by molar-refractivity contribution is 9.10. The van der Waals surface area contributed by atoms with Crippen LogP contribution in [0.4, 0.5) is 5.69 Å². The van der Waals surface area contributed by atoms with Crippen molar-refractivity contribution in [3.63, 3.8) is 0 Å². The van der Waals surface area contributed by atoms with E-state index in [0.717, 1.165) is 48.1 Å². The number of hydrogen-bond donors (Lipinski definition) is 2. The van der Waals surface area contributed by atoms with Crippen molar-refractivity contribution >= 4 is 38.8 Å². The van der Waals surface area contributed by atoms with Crippen molar-refractivity contribution < 1.29 is 5.11 Å². The molecule has 2 rings (SSSR count). The van der Waals surface area contributed by atoms with Gasteiger partial charge in [-0.2, -0.15) is 0 Å². The molecule has 0 bridgehead atoms. The third kappa shape index (κ3) is 3.68. The van der Waals surface area contributed by atoms with Gasteiger partial charge < -0.3 is 15.7 Å². The molecule has 1 unspecified atom stereocenters. The second-order valence-corrected chi connectivity index (χ2v) is 6.72. The van der Waals surface area contributed by atoms with E-state index in [1.54, 1.807) is 0 Å². The van der Waals surface area contributed by atoms with Crippen molar-refractivity contribution in [3.05, 3.63) is 28.2 Å². The van der Waals surface area contributed by atoms with Crippen LogP contribution in [-0.2, 0) is 0 Å². The minimum Gasteiger partial charge on any atom is -0.390 e. The lowest BCUT2D eigenvalue weighted by Crippen LogP contribution is -2.29. The second kappa shape index (κ2) is 5.77. The summed E-state index contributed by atoms with van der Waals surface area (Å²) >= 11 is 8.62. The number of anilines is 1. The van der Waals surface area contributed by atoms with Crippen LogP contribution in [0.2, 0.25) is 0 Å². The lowest BCUT2D eigenvalue weighted by molar-refractivity contribution is 0.0481. The average molecular weight is 343 g/mol. The molecule has 1 aromatic carbocycles. The lowest BCUT2D eigenvalue weighted by atomic mass is 9.98. The van der Waals surface area contributed by atoms with Crippen LogP contribution >= 0.6 is 28.1 Å². The molecule has 1 aromatic rings. The van der Waals surface area contributed by atoms with Gasteiger partial charge in [0, 0.05) is 28.8 Å². The highest BCUT2D eigenvalue weighted by Gasteiger charge is 2.26. The van der Waals surface area contributed by atoms with Gasteiger partial charge in [0.25, 0.3) is 0 Å². The summed E-state index contributed by atoms with van der Waals surface area (Å²) in [6, 6.07) is 5.95. The Kier molecular flexibility index (Phi) is 4.48. The maximum absolute atomic E-state index is 10.2. The quantitative estimate of drug-likeness (QED) is 0.811. The van der Waals surface area contributed by atoms with Gasteiger partial charge >= 0.3 is 0 Å². The largest absolute Gasteiger partial charge is 0.390 e. The summed E-state index contributed by atoms with van der Waals surface area (Å²) < 4.78 is 1.01. The molecule has 1 aliphatic rings. The van der Waals surface area contributed by atoms with Crippen LogP contribution in [0.15, 0.2) is 22.7 Å². The summed E-state index contributed by atoms with van der Waals surface area (Å²) in [6.45, 7) is 3.65. The first-order chi connectivity index (χ1) is 8.89. The summed E-state index contributed by atoms with van der Waals surface area (Å²) in [7, 11) is 0. The van der Waals surface area contributed by atoms with Crippen molar-refractivity contribution in [2.75, 3.05) is 18.0 Å². The Morgan fingerprint density at radius 2 is 2.16 bits per heavy atom. The van der Waals surface area contributed by atoms with Gasteiger partial charge in [-0.15, -0.1) is 0 Å². The van der Waals surface area contributed by atoms with E-state index in [9.17, 15) is 5.11 Å². The highest BCUT2D eigenvalue weighted by Crippen LogP contribution is 2.29. The van der Waals surface area contributed by atoms with Crippen LogP contribution in [0, 0.1) is 0 Å². The van der Waals surface area contributed by atoms with E-state index < -0.39 is 5.60 Å². The third-order valence-electron chi connectivity index (χ3n) is 3.63. The molecule has 1 fully saturated rings. The highest BCUT2D eigenvalue weighted by atomic mass is 79.9. The predicted octanol–water partition coefficient (Wildman–Crippen LogP) is 2.82. The Balaban J connectivity index is 2.30. The summed E-state index contributed by atoms with van der Waals surface area (Å²) in [5, 5.41) is 10.2. The van der Waals surface area contributed by atoms with E-state index in [1.165, 1.54) is 0 Å². The Morgan fingerprint density at radius 1 is 1.42 bits per heavy atom. The fourth-order valence-corrected chi connectivity index (χ4v) is 3.00. The fourth-order valence-electron chi connectivity index (χ4n) is 2.48. The SMILES string of the molecule is CC1(O)CCCN(c2cc(Br)ccc2C(N)=S)CC1. The number of benzene rings is 1. The maximum atomic E-state index is 10.2. The number of thiocarbonyl (C=S) groups is 1. The van der Waals surface area contributed by atoms with Crippen LogP contribution < -0.4 is 10.6 Å². The van der Waals surface area contributed by atoms with Crippen LogP contribution in [0.1, 0.15) is 31.7 Å². The van der Waals surface area contributed by atoms with Gasteiger partial charge in [0.15, 0.2) is 0 Å². The zero-order valence-electron chi connectivity index (χ0n) is 11.0. The Morgan fingerprint density at radius 3 is 2.84 bits per heavy atom. The Bertz CT molecular complexity index is 490. The van der Waals surface area contributed by atoms with E-state index >= 15 is 0 Å². The van der Waals surface area contributed by atoms with Crippen molar-refractivity contribution in [1.29, 1.82) is 0 Å². The normalized spacial score (nSPS) is 24.1. The summed E-state index contributed by atoms with van der Waals surface area (Å²) in [6.07, 6.45) is 2.56. The second-order valence-electron chi connectivity index (χ2n) is 5.36. The van der Waals surface area contributed by atoms with Gasteiger partial charge in [-0.05, 0) is 44.4 Å². The minimum absolute atomic E-state index is 0.415. The number of nitrogens with two attached hydrogens (primary N) is 1. The molecule has 3 N–H and O–H groups in total. The third-order valence-corrected chi connectivity index (χ3v) is 4.34. The molecule has 1 aliphatic heterocycles. The van der Waals surface area contributed by atoms with Gasteiger partial charge in [-0.25, -0.2) is 0 Å². The first-order valence-corrected chi connectivity index (χ1v) is 7.66.